The number of carbonyl (C=O) groups excluding carboxylic acids is 3. The van der Waals surface area contributed by atoms with Crippen molar-refractivity contribution in [3.05, 3.63) is 42.5 Å². The smallest absolute Gasteiger partial charge is 0.322 e. The second kappa shape index (κ2) is 15.2. The molecule has 1 aliphatic heterocycles. The van der Waals surface area contributed by atoms with E-state index in [0.717, 1.165) is 0 Å². The minimum absolute atomic E-state index is 0.0116. The van der Waals surface area contributed by atoms with Crippen LogP contribution in [0.25, 0.3) is 0 Å². The van der Waals surface area contributed by atoms with Gasteiger partial charge in [-0.25, -0.2) is 5.43 Å². The molecule has 1 aromatic rings. The third kappa shape index (κ3) is 9.36. The summed E-state index contributed by atoms with van der Waals surface area (Å²) in [5.41, 5.74) is 3.33. The molecule has 0 spiro atoms. The van der Waals surface area contributed by atoms with E-state index >= 15 is 0 Å². The van der Waals surface area contributed by atoms with E-state index in [1.54, 1.807) is 39.0 Å². The molecule has 1 aromatic carbocycles. The first-order valence-electron chi connectivity index (χ1n) is 13.3. The van der Waals surface area contributed by atoms with Gasteiger partial charge in [0.25, 0.3) is 5.91 Å². The number of allylic oxidation sites excluding steroid dienone is 1. The van der Waals surface area contributed by atoms with Crippen LogP contribution in [0.15, 0.2) is 36.9 Å². The summed E-state index contributed by atoms with van der Waals surface area (Å²) in [6.07, 6.45) is 3.59. The van der Waals surface area contributed by atoms with E-state index in [4.69, 9.17) is 4.74 Å². The number of carboxylic acids is 1. The number of methoxy groups -OCH3 is 1. The highest BCUT2D eigenvalue weighted by Crippen LogP contribution is 2.17. The zero-order valence-corrected chi connectivity index (χ0v) is 23.2. The Labute approximate surface area is 229 Å². The maximum Gasteiger partial charge on any atom is 0.322 e. The van der Waals surface area contributed by atoms with Gasteiger partial charge >= 0.3 is 5.97 Å². The van der Waals surface area contributed by atoms with Crippen molar-refractivity contribution in [2.45, 2.75) is 77.1 Å². The lowest BCUT2D eigenvalue weighted by atomic mass is 9.96. The number of carbonyl (C=O) groups is 4. The quantitative estimate of drug-likeness (QED) is 0.221. The molecule has 1 heterocycles. The lowest BCUT2D eigenvalue weighted by molar-refractivity contribution is -0.148. The van der Waals surface area contributed by atoms with Crippen LogP contribution in [0.2, 0.25) is 0 Å². The summed E-state index contributed by atoms with van der Waals surface area (Å²) < 4.78 is 5.47. The molecule has 1 saturated heterocycles. The third-order valence-corrected chi connectivity index (χ3v) is 6.89. The topological polar surface area (TPSA) is 157 Å². The van der Waals surface area contributed by atoms with Gasteiger partial charge in [-0.05, 0) is 49.3 Å². The molecule has 5 atom stereocenters. The van der Waals surface area contributed by atoms with Crippen LogP contribution in [0.1, 0.15) is 52.0 Å². The van der Waals surface area contributed by atoms with E-state index in [1.165, 1.54) is 24.3 Å². The molecule has 0 aliphatic carbocycles. The summed E-state index contributed by atoms with van der Waals surface area (Å²) in [4.78, 5) is 51.6. The first-order valence-corrected chi connectivity index (χ1v) is 13.3. The van der Waals surface area contributed by atoms with Crippen LogP contribution >= 0.6 is 0 Å². The Kier molecular flexibility index (Phi) is 12.4. The molecule has 3 amide bonds. The monoisotopic (exact) mass is 546 g/mol. The van der Waals surface area contributed by atoms with Crippen molar-refractivity contribution < 1.29 is 34.1 Å². The summed E-state index contributed by atoms with van der Waals surface area (Å²) in [6, 6.07) is 3.41. The molecule has 1 fully saturated rings. The standard InChI is InChI=1S/C28H42N4O7/c1-6-7-13-23(39-5)18(4)25(34)30-24(17(2)3)26(35)29-22(16-19-10-8-11-20(33)15-19)27(36)32-14-9-12-21(31-32)28(37)38/h6,8,10-11,15,17-18,21-24,31,33H,1,7,9,12-14,16H2,2-5H3,(H,29,35)(H,30,34)(H,37,38)/t18-,21+,22+,23-,24+/m1/s1. The molecule has 5 N–H and O–H groups in total. The van der Waals surface area contributed by atoms with Crippen molar-refractivity contribution in [1.29, 1.82) is 0 Å². The number of nitrogens with zero attached hydrogens (tertiary/aromatic N) is 1. The Hall–Kier alpha value is -3.44. The fourth-order valence-corrected chi connectivity index (χ4v) is 4.53. The van der Waals surface area contributed by atoms with Gasteiger partial charge in [-0.3, -0.25) is 24.2 Å². The highest BCUT2D eigenvalue weighted by atomic mass is 16.5. The molecule has 0 aromatic heterocycles. The Morgan fingerprint density at radius 3 is 2.51 bits per heavy atom. The molecule has 39 heavy (non-hydrogen) atoms. The zero-order valence-electron chi connectivity index (χ0n) is 23.2. The summed E-state index contributed by atoms with van der Waals surface area (Å²) in [5, 5.41) is 26.1. The predicted octanol–water partition coefficient (Wildman–Crippen LogP) is 1.76. The second-order valence-electron chi connectivity index (χ2n) is 10.2. The average molecular weight is 547 g/mol. The summed E-state index contributed by atoms with van der Waals surface area (Å²) in [7, 11) is 1.53. The molecule has 11 nitrogen and oxygen atoms in total. The predicted molar refractivity (Wildman–Crippen MR) is 145 cm³/mol. The minimum atomic E-state index is -1.07. The van der Waals surface area contributed by atoms with Gasteiger partial charge < -0.3 is 25.6 Å². The zero-order chi connectivity index (χ0) is 29.1. The van der Waals surface area contributed by atoms with Gasteiger partial charge in [-0.15, -0.1) is 6.58 Å². The van der Waals surface area contributed by atoms with Crippen LogP contribution < -0.4 is 16.1 Å². The number of hydrazine groups is 1. The van der Waals surface area contributed by atoms with E-state index < -0.39 is 41.8 Å². The van der Waals surface area contributed by atoms with E-state index in [0.29, 0.717) is 31.2 Å². The molecular formula is C28H42N4O7. The van der Waals surface area contributed by atoms with Crippen molar-refractivity contribution in [2.24, 2.45) is 11.8 Å². The summed E-state index contributed by atoms with van der Waals surface area (Å²) in [6.45, 7) is 9.29. The fourth-order valence-electron chi connectivity index (χ4n) is 4.53. The number of hydrogen-bond donors (Lipinski definition) is 5. The Morgan fingerprint density at radius 2 is 1.92 bits per heavy atom. The van der Waals surface area contributed by atoms with E-state index in [9.17, 15) is 29.4 Å². The number of rotatable bonds is 14. The van der Waals surface area contributed by atoms with Gasteiger partial charge in [-0.2, -0.15) is 0 Å². The third-order valence-electron chi connectivity index (χ3n) is 6.89. The number of phenols is 1. The number of hydrogen-bond acceptors (Lipinski definition) is 7. The number of ether oxygens (including phenoxy) is 1. The van der Waals surface area contributed by atoms with E-state index in [2.05, 4.69) is 22.6 Å². The van der Waals surface area contributed by atoms with Crippen molar-refractivity contribution >= 4 is 23.7 Å². The van der Waals surface area contributed by atoms with Crippen LogP contribution in [0, 0.1) is 11.8 Å². The van der Waals surface area contributed by atoms with Crippen LogP contribution in [-0.4, -0.2) is 76.8 Å². The van der Waals surface area contributed by atoms with Crippen molar-refractivity contribution in [3.63, 3.8) is 0 Å². The molecule has 0 bridgehead atoms. The Balaban J connectivity index is 2.24. The highest BCUT2D eigenvalue weighted by molar-refractivity contribution is 5.93. The summed E-state index contributed by atoms with van der Waals surface area (Å²) >= 11 is 0. The molecule has 2 rings (SSSR count). The van der Waals surface area contributed by atoms with Crippen LogP contribution in [-0.2, 0) is 30.3 Å². The molecule has 0 unspecified atom stereocenters. The lowest BCUT2D eigenvalue weighted by Gasteiger charge is -2.35. The molecule has 1 aliphatic rings. The molecule has 11 heteroatoms. The lowest BCUT2D eigenvalue weighted by Crippen LogP contribution is -2.62. The number of aromatic hydroxyl groups is 1. The number of carboxylic acid groups (broad SMARTS) is 1. The number of phenolic OH excluding ortho intramolecular Hbond substituents is 1. The first-order chi connectivity index (χ1) is 18.5. The molecular weight excluding hydrogens is 504 g/mol. The van der Waals surface area contributed by atoms with Gasteiger partial charge in [0.2, 0.25) is 11.8 Å². The highest BCUT2D eigenvalue weighted by Gasteiger charge is 2.35. The molecule has 216 valence electrons. The van der Waals surface area contributed by atoms with Crippen molar-refractivity contribution in [2.75, 3.05) is 13.7 Å². The van der Waals surface area contributed by atoms with Crippen LogP contribution in [0.3, 0.4) is 0 Å². The number of nitrogens with one attached hydrogen (secondary N) is 3. The minimum Gasteiger partial charge on any atom is -0.508 e. The van der Waals surface area contributed by atoms with E-state index in [1.807, 2.05) is 0 Å². The van der Waals surface area contributed by atoms with Crippen LogP contribution in [0.5, 0.6) is 5.75 Å². The number of aliphatic carboxylic acids is 1. The maximum atomic E-state index is 13.5. The Bertz CT molecular complexity index is 1020. The molecule has 0 saturated carbocycles. The SMILES string of the molecule is C=CCC[C@@H](OC)[C@@H](C)C(=O)N[C@H](C(=O)N[C@@H](Cc1cccc(O)c1)C(=O)N1CCC[C@@H](C(=O)O)N1)C(C)C. The van der Waals surface area contributed by atoms with Crippen molar-refractivity contribution in [1.82, 2.24) is 21.1 Å². The normalized spacial score (nSPS) is 18.5. The fraction of sp³-hybridized carbons (Fsp3) is 0.571. The van der Waals surface area contributed by atoms with Gasteiger partial charge in [-0.1, -0.05) is 39.0 Å². The average Bonchev–Trinajstić information content (AvgIpc) is 2.90. The van der Waals surface area contributed by atoms with Gasteiger partial charge in [0.1, 0.15) is 23.9 Å². The number of benzene rings is 1. The van der Waals surface area contributed by atoms with Gasteiger partial charge in [0.05, 0.1) is 12.0 Å². The van der Waals surface area contributed by atoms with Gasteiger partial charge in [0.15, 0.2) is 0 Å². The Morgan fingerprint density at radius 1 is 1.21 bits per heavy atom. The van der Waals surface area contributed by atoms with E-state index in [-0.39, 0.29) is 36.6 Å². The van der Waals surface area contributed by atoms with Crippen molar-refractivity contribution in [3.8, 4) is 5.75 Å². The first kappa shape index (κ1) is 31.8. The summed E-state index contributed by atoms with van der Waals surface area (Å²) in [5.74, 6) is -3.29. The van der Waals surface area contributed by atoms with Crippen LogP contribution in [0.4, 0.5) is 0 Å². The number of amides is 3. The molecule has 0 radical (unpaired) electrons. The maximum absolute atomic E-state index is 13.5. The largest absolute Gasteiger partial charge is 0.508 e. The second-order valence-corrected chi connectivity index (χ2v) is 10.2. The van der Waals surface area contributed by atoms with Gasteiger partial charge in [0, 0.05) is 20.1 Å².